The lowest BCUT2D eigenvalue weighted by Gasteiger charge is -1.96. The molecule has 0 bridgehead atoms. The van der Waals surface area contributed by atoms with Crippen LogP contribution in [0.15, 0.2) is 0 Å². The van der Waals surface area contributed by atoms with Gasteiger partial charge < -0.3 is 15.3 Å². The molecule has 0 spiro atoms. The molecule has 0 radical (unpaired) electrons. The maximum atomic E-state index is 8.17. The molecule has 0 aromatic carbocycles. The van der Waals surface area contributed by atoms with Crippen molar-refractivity contribution in [3.63, 3.8) is 0 Å². The molecule has 76 valence electrons. The van der Waals surface area contributed by atoms with E-state index in [0.29, 0.717) is 13.2 Å². The summed E-state index contributed by atoms with van der Waals surface area (Å²) in [5.41, 5.74) is 0. The number of rotatable bonds is 5. The van der Waals surface area contributed by atoms with E-state index in [-0.39, 0.29) is 13.2 Å². The fraction of sp³-hybridized carbons (Fsp3) is 1.00. The molecule has 0 amide bonds. The first-order valence-corrected chi connectivity index (χ1v) is 3.87. The lowest BCUT2D eigenvalue weighted by atomic mass is 10.4. The van der Waals surface area contributed by atoms with E-state index in [4.69, 9.17) is 15.3 Å². The SMILES string of the molecule is CCOOCC.OCC(O)CO. The van der Waals surface area contributed by atoms with E-state index in [1.165, 1.54) is 0 Å². The highest BCUT2D eigenvalue weighted by molar-refractivity contribution is 4.43. The third-order valence-corrected chi connectivity index (χ3v) is 0.741. The van der Waals surface area contributed by atoms with Gasteiger partial charge in [0, 0.05) is 0 Å². The summed E-state index contributed by atoms with van der Waals surface area (Å²) in [6.07, 6.45) is -0.954. The van der Waals surface area contributed by atoms with Crippen molar-refractivity contribution >= 4 is 0 Å². The Morgan fingerprint density at radius 1 is 1.00 bits per heavy atom. The van der Waals surface area contributed by atoms with E-state index in [9.17, 15) is 0 Å². The standard InChI is InChI=1S/C4H10O2.C3H8O3/c1-3-5-6-4-2;4-1-3(6)2-5/h3-4H2,1-2H3;3-6H,1-2H2. The summed E-state index contributed by atoms with van der Waals surface area (Å²) in [6.45, 7) is 4.31. The predicted octanol–water partition coefficient (Wildman–Crippen LogP) is -0.694. The Morgan fingerprint density at radius 2 is 1.33 bits per heavy atom. The maximum Gasteiger partial charge on any atom is 0.100 e. The minimum atomic E-state index is -0.954. The van der Waals surface area contributed by atoms with Crippen LogP contribution in [-0.4, -0.2) is 47.9 Å². The maximum absolute atomic E-state index is 8.17. The van der Waals surface area contributed by atoms with Gasteiger partial charge in [-0.05, 0) is 13.8 Å². The molecule has 0 aromatic rings. The summed E-state index contributed by atoms with van der Waals surface area (Å²) in [4.78, 5) is 8.97. The van der Waals surface area contributed by atoms with Crippen molar-refractivity contribution in [1.82, 2.24) is 0 Å². The van der Waals surface area contributed by atoms with Gasteiger partial charge in [-0.25, -0.2) is 9.78 Å². The minimum absolute atomic E-state index is 0.365. The van der Waals surface area contributed by atoms with Gasteiger partial charge >= 0.3 is 0 Å². The van der Waals surface area contributed by atoms with Crippen LogP contribution < -0.4 is 0 Å². The first-order valence-electron chi connectivity index (χ1n) is 3.87. The van der Waals surface area contributed by atoms with Gasteiger partial charge in [0.1, 0.15) is 6.10 Å². The highest BCUT2D eigenvalue weighted by Gasteiger charge is 1.93. The lowest BCUT2D eigenvalue weighted by Crippen LogP contribution is -2.15. The van der Waals surface area contributed by atoms with Gasteiger partial charge in [-0.2, -0.15) is 0 Å². The van der Waals surface area contributed by atoms with Crippen LogP contribution in [0.2, 0.25) is 0 Å². The lowest BCUT2D eigenvalue weighted by molar-refractivity contribution is -0.287. The number of aliphatic hydroxyl groups excluding tert-OH is 3. The van der Waals surface area contributed by atoms with Crippen LogP contribution in [0, 0.1) is 0 Å². The van der Waals surface area contributed by atoms with Gasteiger partial charge in [0.2, 0.25) is 0 Å². The van der Waals surface area contributed by atoms with Crippen LogP contribution >= 0.6 is 0 Å². The summed E-state index contributed by atoms with van der Waals surface area (Å²) in [5.74, 6) is 0. The zero-order valence-corrected chi connectivity index (χ0v) is 7.56. The van der Waals surface area contributed by atoms with Gasteiger partial charge in [-0.15, -0.1) is 0 Å². The van der Waals surface area contributed by atoms with Gasteiger partial charge in [-0.3, -0.25) is 0 Å². The van der Waals surface area contributed by atoms with Gasteiger partial charge in [0.25, 0.3) is 0 Å². The zero-order valence-electron chi connectivity index (χ0n) is 7.56. The van der Waals surface area contributed by atoms with E-state index in [2.05, 4.69) is 9.78 Å². The van der Waals surface area contributed by atoms with Crippen LogP contribution in [-0.2, 0) is 9.78 Å². The van der Waals surface area contributed by atoms with Gasteiger partial charge in [0.05, 0.1) is 26.4 Å². The molecule has 0 atom stereocenters. The second-order valence-electron chi connectivity index (χ2n) is 1.83. The second kappa shape index (κ2) is 13.4. The highest BCUT2D eigenvalue weighted by Crippen LogP contribution is 1.72. The molecule has 0 aromatic heterocycles. The fourth-order valence-corrected chi connectivity index (χ4v) is 0.224. The minimum Gasteiger partial charge on any atom is -0.394 e. The molecule has 0 unspecified atom stereocenters. The Bertz CT molecular complexity index is 60.8. The van der Waals surface area contributed by atoms with E-state index in [0.717, 1.165) is 0 Å². The fourth-order valence-electron chi connectivity index (χ4n) is 0.224. The molecular weight excluding hydrogens is 164 g/mol. The molecule has 3 N–H and O–H groups in total. The van der Waals surface area contributed by atoms with Gasteiger partial charge in [-0.1, -0.05) is 0 Å². The van der Waals surface area contributed by atoms with E-state index >= 15 is 0 Å². The quantitative estimate of drug-likeness (QED) is 0.298. The summed E-state index contributed by atoms with van der Waals surface area (Å²) in [5, 5.41) is 24.0. The van der Waals surface area contributed by atoms with Crippen molar-refractivity contribution in [2.24, 2.45) is 0 Å². The molecule has 0 aliphatic rings. The van der Waals surface area contributed by atoms with Crippen molar-refractivity contribution in [3.05, 3.63) is 0 Å². The molecule has 5 nitrogen and oxygen atoms in total. The van der Waals surface area contributed by atoms with Crippen LogP contribution in [0.1, 0.15) is 13.8 Å². The third-order valence-electron chi connectivity index (χ3n) is 0.741. The average molecular weight is 182 g/mol. The Kier molecular flexibility index (Phi) is 16.0. The summed E-state index contributed by atoms with van der Waals surface area (Å²) in [7, 11) is 0. The molecular formula is C7H18O5. The smallest absolute Gasteiger partial charge is 0.100 e. The van der Waals surface area contributed by atoms with Crippen molar-refractivity contribution < 1.29 is 25.1 Å². The van der Waals surface area contributed by atoms with E-state index in [1.54, 1.807) is 0 Å². The summed E-state index contributed by atoms with van der Waals surface area (Å²) < 4.78 is 0. The normalized spacial score (nSPS) is 9.50. The van der Waals surface area contributed by atoms with Crippen LogP contribution in [0.3, 0.4) is 0 Å². The molecule has 0 rings (SSSR count). The van der Waals surface area contributed by atoms with Gasteiger partial charge in [0.15, 0.2) is 0 Å². The number of hydrogen-bond donors (Lipinski definition) is 3. The van der Waals surface area contributed by atoms with Crippen LogP contribution in [0.5, 0.6) is 0 Å². The average Bonchev–Trinajstić information content (AvgIpc) is 2.14. The summed E-state index contributed by atoms with van der Waals surface area (Å²) >= 11 is 0. The number of aliphatic hydroxyl groups is 3. The van der Waals surface area contributed by atoms with Crippen LogP contribution in [0.25, 0.3) is 0 Å². The van der Waals surface area contributed by atoms with Crippen molar-refractivity contribution in [2.75, 3.05) is 26.4 Å². The van der Waals surface area contributed by atoms with Crippen molar-refractivity contribution in [3.8, 4) is 0 Å². The molecule has 5 heteroatoms. The summed E-state index contributed by atoms with van der Waals surface area (Å²) in [6, 6.07) is 0. The van der Waals surface area contributed by atoms with Crippen molar-refractivity contribution in [2.45, 2.75) is 20.0 Å². The Labute approximate surface area is 72.5 Å². The predicted molar refractivity (Wildman–Crippen MR) is 43.4 cm³/mol. The largest absolute Gasteiger partial charge is 0.394 e. The van der Waals surface area contributed by atoms with Crippen LogP contribution in [0.4, 0.5) is 0 Å². The molecule has 12 heavy (non-hydrogen) atoms. The van der Waals surface area contributed by atoms with E-state index < -0.39 is 6.10 Å². The Balaban J connectivity index is 0. The monoisotopic (exact) mass is 182 g/mol. The molecule has 0 aliphatic carbocycles. The van der Waals surface area contributed by atoms with Crippen molar-refractivity contribution in [1.29, 1.82) is 0 Å². The highest BCUT2D eigenvalue weighted by atomic mass is 17.2. The second-order valence-corrected chi connectivity index (χ2v) is 1.83. The third kappa shape index (κ3) is 16.4. The first kappa shape index (κ1) is 14.3. The molecule has 0 fully saturated rings. The topological polar surface area (TPSA) is 79.2 Å². The molecule has 0 heterocycles. The zero-order chi connectivity index (χ0) is 9.82. The molecule has 0 saturated carbocycles. The Morgan fingerprint density at radius 3 is 1.42 bits per heavy atom. The Hall–Kier alpha value is -0.200. The molecule has 0 aliphatic heterocycles. The van der Waals surface area contributed by atoms with E-state index in [1.807, 2.05) is 13.8 Å². The number of hydrogen-bond acceptors (Lipinski definition) is 5. The first-order chi connectivity index (χ1) is 5.72. The molecule has 0 saturated heterocycles.